The van der Waals surface area contributed by atoms with Gasteiger partial charge in [-0.3, -0.25) is 4.79 Å². The van der Waals surface area contributed by atoms with Gasteiger partial charge in [0, 0.05) is 6.54 Å². The summed E-state index contributed by atoms with van der Waals surface area (Å²) in [5.41, 5.74) is 0. The Labute approximate surface area is 189 Å². The molecular formula is C20H38NNaO4S. The molecule has 0 aliphatic carbocycles. The summed E-state index contributed by atoms with van der Waals surface area (Å²) in [4.78, 5) is 11.6. The third kappa shape index (κ3) is 18.2. The average Bonchev–Trinajstić information content (AvgIpc) is 2.57. The van der Waals surface area contributed by atoms with Crippen molar-refractivity contribution < 1.29 is 47.3 Å². The summed E-state index contributed by atoms with van der Waals surface area (Å²) >= 11 is 0. The number of carbonyl (C=O) groups excluding carboxylic acids is 1. The Morgan fingerprint density at radius 3 is 1.56 bits per heavy atom. The van der Waals surface area contributed by atoms with Crippen LogP contribution in [0.5, 0.6) is 0 Å². The predicted molar refractivity (Wildman–Crippen MR) is 106 cm³/mol. The average molecular weight is 412 g/mol. The zero-order valence-corrected chi connectivity index (χ0v) is 20.3. The molecule has 0 saturated heterocycles. The monoisotopic (exact) mass is 411 g/mol. The molecule has 0 spiro atoms. The fourth-order valence-electron chi connectivity index (χ4n) is 3.15. The number of amides is 1. The first-order valence-electron chi connectivity index (χ1n) is 10.4. The number of hydrogen-bond donors (Lipinski definition) is 1. The van der Waals surface area contributed by atoms with E-state index < -0.39 is 21.3 Å². The molecule has 0 bridgehead atoms. The van der Waals surface area contributed by atoms with Crippen molar-refractivity contribution in [2.24, 2.45) is 0 Å². The predicted octanol–water partition coefficient (Wildman–Crippen LogP) is 1.60. The number of carbonyl (C=O) groups is 1. The number of rotatable bonds is 18. The van der Waals surface area contributed by atoms with E-state index in [1.165, 1.54) is 64.2 Å². The standard InChI is InChI=1S/C20H39NO4S.Na/c1-3-5-6-7-8-9-10-11-12-13-14-15-16-17-18-19(26(23,24)25)20(22)21-4-2;/h2,19H,3-18H2,1H3,(H,21,22)(H,23,24,25);/q;+1/p-1. The van der Waals surface area contributed by atoms with Gasteiger partial charge in [-0.1, -0.05) is 96.8 Å². The zero-order chi connectivity index (χ0) is 19.7. The van der Waals surface area contributed by atoms with Crippen LogP contribution in [0.2, 0.25) is 0 Å². The second-order valence-corrected chi connectivity index (χ2v) is 8.67. The molecule has 1 unspecified atom stereocenters. The van der Waals surface area contributed by atoms with Crippen LogP contribution in [0, 0.1) is 6.92 Å². The van der Waals surface area contributed by atoms with Crippen molar-refractivity contribution in [1.29, 1.82) is 0 Å². The topological polar surface area (TPSA) is 86.3 Å². The summed E-state index contributed by atoms with van der Waals surface area (Å²) < 4.78 is 33.5. The van der Waals surface area contributed by atoms with Gasteiger partial charge < -0.3 is 9.87 Å². The number of hydrogen-bond acceptors (Lipinski definition) is 4. The maximum atomic E-state index is 11.6. The second kappa shape index (κ2) is 19.7. The Hall–Kier alpha value is 0.380. The van der Waals surface area contributed by atoms with Gasteiger partial charge in [0.25, 0.3) is 0 Å². The van der Waals surface area contributed by atoms with Crippen molar-refractivity contribution in [3.63, 3.8) is 0 Å². The normalized spacial score (nSPS) is 12.4. The van der Waals surface area contributed by atoms with Gasteiger partial charge in [0.15, 0.2) is 0 Å². The molecule has 0 aromatic carbocycles. The van der Waals surface area contributed by atoms with Crippen LogP contribution in [-0.2, 0) is 14.9 Å². The van der Waals surface area contributed by atoms with Gasteiger partial charge in [0.1, 0.15) is 15.4 Å². The van der Waals surface area contributed by atoms with Crippen molar-refractivity contribution in [3.8, 4) is 0 Å². The quantitative estimate of drug-likeness (QED) is 0.211. The molecule has 1 N–H and O–H groups in total. The van der Waals surface area contributed by atoms with Crippen LogP contribution >= 0.6 is 0 Å². The maximum absolute atomic E-state index is 11.6. The van der Waals surface area contributed by atoms with Crippen LogP contribution in [0.3, 0.4) is 0 Å². The molecule has 1 atom stereocenters. The minimum atomic E-state index is -4.62. The summed E-state index contributed by atoms with van der Waals surface area (Å²) in [6.45, 7) is 7.24. The Morgan fingerprint density at radius 2 is 1.22 bits per heavy atom. The van der Waals surface area contributed by atoms with Gasteiger partial charge in [0.2, 0.25) is 5.91 Å². The van der Waals surface area contributed by atoms with E-state index in [-0.39, 0.29) is 42.5 Å². The SMILES string of the molecule is [CH]CNC(=O)C(CCCCCCCCCCCCCCCC)S(=O)(=O)[O-].[Na+]. The smallest absolute Gasteiger partial charge is 0.747 e. The second-order valence-electron chi connectivity index (χ2n) is 7.11. The third-order valence-electron chi connectivity index (χ3n) is 4.74. The fourth-order valence-corrected chi connectivity index (χ4v) is 3.95. The zero-order valence-electron chi connectivity index (χ0n) is 17.5. The van der Waals surface area contributed by atoms with E-state index in [0.29, 0.717) is 6.42 Å². The Morgan fingerprint density at radius 1 is 0.852 bits per heavy atom. The number of nitrogens with one attached hydrogen (secondary N) is 1. The molecule has 154 valence electrons. The Balaban J connectivity index is 0. The summed E-state index contributed by atoms with van der Waals surface area (Å²) in [5.74, 6) is -0.780. The van der Waals surface area contributed by atoms with Crippen LogP contribution in [0.1, 0.15) is 103 Å². The van der Waals surface area contributed by atoms with Gasteiger partial charge in [-0.05, 0) is 13.3 Å². The molecule has 0 rings (SSSR count). The van der Waals surface area contributed by atoms with Crippen LogP contribution in [0.25, 0.3) is 0 Å². The molecule has 5 nitrogen and oxygen atoms in total. The van der Waals surface area contributed by atoms with Crippen molar-refractivity contribution >= 4 is 16.0 Å². The Bertz CT molecular complexity index is 443. The van der Waals surface area contributed by atoms with Crippen LogP contribution in [-0.4, -0.2) is 30.7 Å². The summed E-state index contributed by atoms with van der Waals surface area (Å²) in [6.07, 6.45) is 16.8. The molecule has 7 heteroatoms. The van der Waals surface area contributed by atoms with E-state index in [1.54, 1.807) is 0 Å². The molecule has 1 amide bonds. The summed E-state index contributed by atoms with van der Waals surface area (Å²) in [5, 5.41) is 0.701. The summed E-state index contributed by atoms with van der Waals surface area (Å²) in [7, 11) is -4.62. The molecule has 2 radical (unpaired) electrons. The van der Waals surface area contributed by atoms with Crippen molar-refractivity contribution in [2.45, 2.75) is 108 Å². The third-order valence-corrected chi connectivity index (χ3v) is 5.88. The molecule has 0 aromatic rings. The molecule has 0 aliphatic heterocycles. The molecule has 0 aromatic heterocycles. The van der Waals surface area contributed by atoms with Gasteiger partial charge in [-0.15, -0.1) is 0 Å². The Kier molecular flexibility index (Phi) is 21.6. The van der Waals surface area contributed by atoms with Crippen molar-refractivity contribution in [2.75, 3.05) is 6.54 Å². The minimum absolute atomic E-state index is 0. The molecule has 0 saturated carbocycles. The van der Waals surface area contributed by atoms with Crippen molar-refractivity contribution in [1.82, 2.24) is 5.32 Å². The van der Waals surface area contributed by atoms with Gasteiger partial charge >= 0.3 is 29.6 Å². The molecular weight excluding hydrogens is 373 g/mol. The van der Waals surface area contributed by atoms with E-state index in [4.69, 9.17) is 6.92 Å². The van der Waals surface area contributed by atoms with Gasteiger partial charge in [-0.2, -0.15) is 0 Å². The van der Waals surface area contributed by atoms with E-state index in [0.717, 1.165) is 19.3 Å². The first kappa shape index (κ1) is 29.6. The largest absolute Gasteiger partial charge is 1.00 e. The summed E-state index contributed by atoms with van der Waals surface area (Å²) in [6, 6.07) is 0. The molecule has 0 fully saturated rings. The molecule has 27 heavy (non-hydrogen) atoms. The minimum Gasteiger partial charge on any atom is -0.747 e. The first-order valence-corrected chi connectivity index (χ1v) is 11.8. The van der Waals surface area contributed by atoms with E-state index >= 15 is 0 Å². The fraction of sp³-hybridized carbons (Fsp3) is 0.900. The molecule has 0 heterocycles. The maximum Gasteiger partial charge on any atom is 1.00 e. The van der Waals surface area contributed by atoms with Crippen molar-refractivity contribution in [3.05, 3.63) is 6.92 Å². The molecule has 0 aliphatic rings. The van der Waals surface area contributed by atoms with E-state index in [9.17, 15) is 17.8 Å². The van der Waals surface area contributed by atoms with E-state index in [1.807, 2.05) is 0 Å². The van der Waals surface area contributed by atoms with E-state index in [2.05, 4.69) is 12.2 Å². The van der Waals surface area contributed by atoms with Gasteiger partial charge in [-0.25, -0.2) is 8.42 Å². The number of unbranched alkanes of at least 4 members (excludes halogenated alkanes) is 13. The van der Waals surface area contributed by atoms with Crippen LogP contribution < -0.4 is 34.9 Å². The van der Waals surface area contributed by atoms with Crippen LogP contribution in [0.4, 0.5) is 0 Å². The van der Waals surface area contributed by atoms with Crippen LogP contribution in [0.15, 0.2) is 0 Å². The first-order chi connectivity index (χ1) is 12.4. The van der Waals surface area contributed by atoms with Gasteiger partial charge in [0.05, 0.1) is 0 Å².